The van der Waals surface area contributed by atoms with Crippen molar-refractivity contribution in [2.45, 2.75) is 26.4 Å². The van der Waals surface area contributed by atoms with Crippen molar-refractivity contribution >= 4 is 28.4 Å². The predicted molar refractivity (Wildman–Crippen MR) is 162 cm³/mol. The molecule has 5 aromatic rings. The number of carbonyl (C=O) groups excluding carboxylic acids is 2. The number of nitrogens with one attached hydrogen (secondary N) is 2. The van der Waals surface area contributed by atoms with Crippen molar-refractivity contribution in [3.63, 3.8) is 0 Å². The van der Waals surface area contributed by atoms with Gasteiger partial charge in [-0.15, -0.1) is 0 Å². The van der Waals surface area contributed by atoms with E-state index in [0.717, 1.165) is 16.5 Å². The van der Waals surface area contributed by atoms with Crippen molar-refractivity contribution in [1.82, 2.24) is 34.3 Å². The Morgan fingerprint density at radius 3 is 2.60 bits per heavy atom. The van der Waals surface area contributed by atoms with Crippen molar-refractivity contribution in [3.8, 4) is 17.2 Å². The molecule has 0 aliphatic rings. The lowest BCUT2D eigenvalue weighted by atomic mass is 10.1. The molecule has 2 N–H and O–H groups in total. The van der Waals surface area contributed by atoms with E-state index < -0.39 is 17.5 Å². The van der Waals surface area contributed by atoms with Crippen LogP contribution in [-0.2, 0) is 11.3 Å². The minimum atomic E-state index is -0.543. The van der Waals surface area contributed by atoms with Crippen LogP contribution >= 0.6 is 0 Å². The lowest BCUT2D eigenvalue weighted by Gasteiger charge is -2.17. The van der Waals surface area contributed by atoms with E-state index in [4.69, 9.17) is 0 Å². The molecule has 12 heteroatoms. The van der Waals surface area contributed by atoms with Gasteiger partial charge in [0, 0.05) is 42.9 Å². The van der Waals surface area contributed by atoms with E-state index in [1.807, 2.05) is 17.7 Å². The molecule has 0 unspecified atom stereocenters. The molecule has 0 aliphatic heterocycles. The fraction of sp³-hybridized carbons (Fsp3) is 0.226. The second kappa shape index (κ2) is 11.9. The molecule has 0 fully saturated rings. The van der Waals surface area contributed by atoms with Crippen LogP contribution in [0.4, 0.5) is 10.1 Å². The molecule has 2 aromatic carbocycles. The summed E-state index contributed by atoms with van der Waals surface area (Å²) in [6.45, 7) is 3.55. The summed E-state index contributed by atoms with van der Waals surface area (Å²) in [6.07, 6.45) is 4.57. The van der Waals surface area contributed by atoms with Gasteiger partial charge in [-0.2, -0.15) is 0 Å². The smallest absolute Gasteiger partial charge is 0.277 e. The molecule has 0 saturated heterocycles. The third kappa shape index (κ3) is 5.90. The van der Waals surface area contributed by atoms with Crippen LogP contribution in [0.3, 0.4) is 0 Å². The van der Waals surface area contributed by atoms with Crippen LogP contribution in [0.5, 0.6) is 0 Å². The van der Waals surface area contributed by atoms with Crippen LogP contribution in [0.2, 0.25) is 0 Å². The zero-order chi connectivity index (χ0) is 30.8. The molecule has 2 amide bonds. The first-order valence-electron chi connectivity index (χ1n) is 13.6. The van der Waals surface area contributed by atoms with E-state index in [1.54, 1.807) is 64.5 Å². The van der Waals surface area contributed by atoms with Crippen LogP contribution < -0.4 is 16.2 Å². The van der Waals surface area contributed by atoms with Crippen LogP contribution in [0, 0.1) is 12.7 Å². The Labute approximate surface area is 247 Å². The summed E-state index contributed by atoms with van der Waals surface area (Å²) in [7, 11) is 4.96. The largest absolute Gasteiger partial charge is 0.345 e. The number of rotatable bonds is 8. The summed E-state index contributed by atoms with van der Waals surface area (Å²) in [5, 5.41) is 6.25. The third-order valence-electron chi connectivity index (χ3n) is 7.15. The first-order valence-corrected chi connectivity index (χ1v) is 13.6. The molecular weight excluding hydrogens is 551 g/mol. The summed E-state index contributed by atoms with van der Waals surface area (Å²) >= 11 is 0. The minimum absolute atomic E-state index is 0.000271. The Hall–Kier alpha value is -5.23. The van der Waals surface area contributed by atoms with Crippen molar-refractivity contribution < 1.29 is 14.0 Å². The highest BCUT2D eigenvalue weighted by atomic mass is 19.1. The number of hydrogen-bond donors (Lipinski definition) is 2. The molecule has 220 valence electrons. The quantitative estimate of drug-likeness (QED) is 0.287. The number of amides is 2. The number of hydrogen-bond acceptors (Lipinski definition) is 7. The zero-order valence-electron chi connectivity index (χ0n) is 24.4. The van der Waals surface area contributed by atoms with E-state index in [1.165, 1.54) is 34.1 Å². The average Bonchev–Trinajstić information content (AvgIpc) is 3.33. The Morgan fingerprint density at radius 2 is 1.86 bits per heavy atom. The fourth-order valence-corrected chi connectivity index (χ4v) is 4.70. The van der Waals surface area contributed by atoms with Gasteiger partial charge >= 0.3 is 0 Å². The monoisotopic (exact) mass is 582 g/mol. The van der Waals surface area contributed by atoms with Gasteiger partial charge in [0.1, 0.15) is 29.5 Å². The maximum Gasteiger partial charge on any atom is 0.277 e. The number of carbonyl (C=O) groups is 2. The van der Waals surface area contributed by atoms with Crippen LogP contribution in [0.1, 0.15) is 28.5 Å². The van der Waals surface area contributed by atoms with Crippen LogP contribution in [0.15, 0.2) is 72.0 Å². The van der Waals surface area contributed by atoms with E-state index in [-0.39, 0.29) is 29.8 Å². The molecule has 5 rings (SSSR count). The molecule has 11 nitrogen and oxygen atoms in total. The number of anilines is 1. The normalized spacial score (nSPS) is 11.9. The standard InChI is InChI=1S/C31H31FN8O3/c1-18-15-39(26-10-9-22(32)12-24(18)26)27-13-23(35-17-36-27)16-40-28(20-7-6-8-21(11-20)30(42)38(4)5)34-14-25(31(40)43)37-29(41)19(2)33-3/h6-15,17,19,33H,16H2,1-5H3,(H,37,41)/t19-/m0/s1. The highest BCUT2D eigenvalue weighted by molar-refractivity contribution is 5.95. The first-order chi connectivity index (χ1) is 20.6. The summed E-state index contributed by atoms with van der Waals surface area (Å²) in [5.74, 6) is -0.104. The minimum Gasteiger partial charge on any atom is -0.345 e. The molecular formula is C31H31FN8O3. The molecule has 0 saturated carbocycles. The molecule has 0 aliphatic carbocycles. The number of aryl methyl sites for hydroxylation is 1. The summed E-state index contributed by atoms with van der Waals surface area (Å²) in [6, 6.07) is 12.6. The zero-order valence-corrected chi connectivity index (χ0v) is 24.4. The SMILES string of the molecule is CN[C@@H](C)C(=O)Nc1cnc(-c2cccc(C(=O)N(C)C)c2)n(Cc2cc(-n3cc(C)c4cc(F)ccc43)ncn2)c1=O. The molecule has 3 aromatic heterocycles. The van der Waals surface area contributed by atoms with Crippen molar-refractivity contribution in [3.05, 3.63) is 100 Å². The van der Waals surface area contributed by atoms with Gasteiger partial charge in [0.05, 0.1) is 30.0 Å². The first kappa shape index (κ1) is 29.3. The lowest BCUT2D eigenvalue weighted by Crippen LogP contribution is -2.38. The number of likely N-dealkylation sites (N-methyl/N-ethyl adjacent to an activating group) is 1. The van der Waals surface area contributed by atoms with Gasteiger partial charge in [-0.05, 0) is 56.8 Å². The van der Waals surface area contributed by atoms with Crippen molar-refractivity contribution in [2.24, 2.45) is 0 Å². The third-order valence-corrected chi connectivity index (χ3v) is 7.15. The molecule has 43 heavy (non-hydrogen) atoms. The Bertz CT molecular complexity index is 1910. The van der Waals surface area contributed by atoms with Crippen LogP contribution in [0.25, 0.3) is 28.1 Å². The maximum atomic E-state index is 13.9. The number of benzene rings is 2. The average molecular weight is 583 g/mol. The Kier molecular flexibility index (Phi) is 8.13. The molecule has 0 spiro atoms. The van der Waals surface area contributed by atoms with Crippen molar-refractivity contribution in [1.29, 1.82) is 0 Å². The van der Waals surface area contributed by atoms with Gasteiger partial charge < -0.3 is 20.1 Å². The van der Waals surface area contributed by atoms with Gasteiger partial charge in [-0.25, -0.2) is 19.3 Å². The molecule has 0 bridgehead atoms. The highest BCUT2D eigenvalue weighted by Gasteiger charge is 2.19. The van der Waals surface area contributed by atoms with Gasteiger partial charge in [0.2, 0.25) is 5.91 Å². The number of nitrogens with zero attached hydrogens (tertiary/aromatic N) is 6. The Morgan fingerprint density at radius 1 is 1.07 bits per heavy atom. The van der Waals surface area contributed by atoms with E-state index in [0.29, 0.717) is 22.6 Å². The van der Waals surface area contributed by atoms with E-state index in [2.05, 4.69) is 25.6 Å². The van der Waals surface area contributed by atoms with Gasteiger partial charge in [0.25, 0.3) is 11.5 Å². The highest BCUT2D eigenvalue weighted by Crippen LogP contribution is 2.25. The fourth-order valence-electron chi connectivity index (χ4n) is 4.70. The summed E-state index contributed by atoms with van der Waals surface area (Å²) in [4.78, 5) is 53.9. The number of fused-ring (bicyclic) bond motifs is 1. The predicted octanol–water partition coefficient (Wildman–Crippen LogP) is 3.39. The maximum absolute atomic E-state index is 13.9. The summed E-state index contributed by atoms with van der Waals surface area (Å²) < 4.78 is 17.1. The molecule has 1 atom stereocenters. The summed E-state index contributed by atoms with van der Waals surface area (Å²) in [5.41, 5.74) is 2.61. The topological polar surface area (TPSA) is 127 Å². The van der Waals surface area contributed by atoms with E-state index >= 15 is 0 Å². The van der Waals surface area contributed by atoms with Gasteiger partial charge in [-0.3, -0.25) is 19.0 Å². The molecule has 3 heterocycles. The van der Waals surface area contributed by atoms with Gasteiger partial charge in [0.15, 0.2) is 0 Å². The van der Waals surface area contributed by atoms with Gasteiger partial charge in [-0.1, -0.05) is 12.1 Å². The van der Waals surface area contributed by atoms with E-state index in [9.17, 15) is 18.8 Å². The Balaban J connectivity index is 1.61. The number of aromatic nitrogens is 5. The van der Waals surface area contributed by atoms with Crippen molar-refractivity contribution in [2.75, 3.05) is 26.5 Å². The second-order valence-corrected chi connectivity index (χ2v) is 10.4. The van der Waals surface area contributed by atoms with Crippen LogP contribution in [-0.4, -0.2) is 68.0 Å². The second-order valence-electron chi connectivity index (χ2n) is 10.4. The number of halogens is 1. The molecule has 0 radical (unpaired) electrons. The lowest BCUT2D eigenvalue weighted by molar-refractivity contribution is -0.117.